The van der Waals surface area contributed by atoms with Crippen LogP contribution >= 0.6 is 11.6 Å². The van der Waals surface area contributed by atoms with Gasteiger partial charge < -0.3 is 5.32 Å². The van der Waals surface area contributed by atoms with Crippen molar-refractivity contribution in [2.24, 2.45) is 5.10 Å². The second-order valence-corrected chi connectivity index (χ2v) is 10.6. The molecule has 43 heavy (non-hydrogen) atoms. The van der Waals surface area contributed by atoms with Crippen LogP contribution in [0.4, 0.5) is 36.8 Å². The minimum atomic E-state index is -4.53. The molecule has 5 rings (SSSR count). The van der Waals surface area contributed by atoms with Crippen LogP contribution in [-0.2, 0) is 24.4 Å². The minimum absolute atomic E-state index is 0.0373. The van der Waals surface area contributed by atoms with E-state index in [0.717, 1.165) is 35.4 Å². The van der Waals surface area contributed by atoms with Gasteiger partial charge in [0.05, 0.1) is 29.7 Å². The van der Waals surface area contributed by atoms with Gasteiger partial charge in [-0.2, -0.15) is 31.4 Å². The second-order valence-electron chi connectivity index (χ2n) is 10.2. The molecule has 2 amide bonds. The van der Waals surface area contributed by atoms with E-state index in [4.69, 9.17) is 11.6 Å². The van der Waals surface area contributed by atoms with Gasteiger partial charge in [-0.15, -0.1) is 0 Å². The molecule has 1 heterocycles. The molecule has 0 radical (unpaired) electrons. The smallest absolute Gasteiger partial charge is 0.306 e. The molecule has 1 atom stereocenters. The van der Waals surface area contributed by atoms with Crippen molar-refractivity contribution < 1.29 is 31.1 Å². The summed E-state index contributed by atoms with van der Waals surface area (Å²) in [4.78, 5) is 13.5. The molecule has 4 aromatic carbocycles. The highest BCUT2D eigenvalue weighted by molar-refractivity contribution is 6.32. The minimum Gasteiger partial charge on any atom is -0.306 e. The van der Waals surface area contributed by atoms with Crippen molar-refractivity contribution >= 4 is 29.0 Å². The van der Waals surface area contributed by atoms with E-state index in [1.165, 1.54) is 23.2 Å². The number of hydrogen-bond acceptors (Lipinski definition) is 2. The molecule has 222 valence electrons. The lowest BCUT2D eigenvalue weighted by Gasteiger charge is -2.32. The number of halogens is 7. The second kappa shape index (κ2) is 11.8. The van der Waals surface area contributed by atoms with E-state index in [1.807, 2.05) is 60.7 Å². The standard InChI is InChI=1S/C32H24ClF6N3O/c33-27-17-22(11-12-23(27)19-31(34,35)36)28-30(24-9-5-2-6-10-24,18-21-7-3-1-4-8-21)20-42(41-28)29(43)40-26-15-13-25(14-16-26)32(37,38)39/h1-17H,18-20H2,(H,40,43). The van der Waals surface area contributed by atoms with E-state index < -0.39 is 35.8 Å². The Bertz CT molecular complexity index is 1620. The van der Waals surface area contributed by atoms with Crippen LogP contribution in [0.2, 0.25) is 5.02 Å². The first-order valence-corrected chi connectivity index (χ1v) is 13.5. The van der Waals surface area contributed by atoms with E-state index in [9.17, 15) is 31.1 Å². The summed E-state index contributed by atoms with van der Waals surface area (Å²) in [6, 6.07) is 26.3. The molecule has 1 N–H and O–H groups in total. The molecule has 0 bridgehead atoms. The lowest BCUT2D eigenvalue weighted by atomic mass is 9.70. The van der Waals surface area contributed by atoms with Gasteiger partial charge in [0.1, 0.15) is 0 Å². The summed E-state index contributed by atoms with van der Waals surface area (Å²) < 4.78 is 78.4. The van der Waals surface area contributed by atoms with Gasteiger partial charge in [-0.25, -0.2) is 9.80 Å². The van der Waals surface area contributed by atoms with E-state index >= 15 is 0 Å². The zero-order valence-electron chi connectivity index (χ0n) is 22.4. The quantitative estimate of drug-likeness (QED) is 0.216. The zero-order chi connectivity index (χ0) is 30.8. The van der Waals surface area contributed by atoms with Crippen LogP contribution in [0.1, 0.15) is 27.8 Å². The van der Waals surface area contributed by atoms with Gasteiger partial charge in [0.2, 0.25) is 0 Å². The molecular formula is C32H24ClF6N3O. The maximum Gasteiger partial charge on any atom is 0.416 e. The number of rotatable bonds is 6. The summed E-state index contributed by atoms with van der Waals surface area (Å²) in [6.07, 6.45) is -9.80. The van der Waals surface area contributed by atoms with Crippen molar-refractivity contribution in [1.29, 1.82) is 0 Å². The number of benzene rings is 4. The summed E-state index contributed by atoms with van der Waals surface area (Å²) in [6.45, 7) is 0.0373. The van der Waals surface area contributed by atoms with Gasteiger partial charge >= 0.3 is 18.4 Å². The van der Waals surface area contributed by atoms with Crippen molar-refractivity contribution in [2.45, 2.75) is 30.6 Å². The molecule has 4 aromatic rings. The van der Waals surface area contributed by atoms with Crippen LogP contribution in [-0.4, -0.2) is 29.5 Å². The first-order chi connectivity index (χ1) is 20.3. The fourth-order valence-corrected chi connectivity index (χ4v) is 5.44. The van der Waals surface area contributed by atoms with Crippen LogP contribution < -0.4 is 5.32 Å². The predicted octanol–water partition coefficient (Wildman–Crippen LogP) is 8.90. The van der Waals surface area contributed by atoms with Gasteiger partial charge in [0.25, 0.3) is 0 Å². The highest BCUT2D eigenvalue weighted by Gasteiger charge is 2.47. The normalized spacial score (nSPS) is 17.1. The summed E-state index contributed by atoms with van der Waals surface area (Å²) in [5.74, 6) is 0. The Morgan fingerprint density at radius 3 is 2.07 bits per heavy atom. The van der Waals surface area contributed by atoms with Crippen molar-refractivity contribution in [2.75, 3.05) is 11.9 Å². The maximum absolute atomic E-state index is 13.5. The molecule has 0 aliphatic carbocycles. The summed E-state index contributed by atoms with van der Waals surface area (Å²) in [5.41, 5.74) is 0.794. The highest BCUT2D eigenvalue weighted by Crippen LogP contribution is 2.40. The van der Waals surface area contributed by atoms with Crippen molar-refractivity contribution in [3.8, 4) is 0 Å². The predicted molar refractivity (Wildman–Crippen MR) is 153 cm³/mol. The van der Waals surface area contributed by atoms with E-state index in [2.05, 4.69) is 10.4 Å². The van der Waals surface area contributed by atoms with E-state index in [-0.39, 0.29) is 22.8 Å². The third kappa shape index (κ3) is 6.85. The number of amides is 2. The van der Waals surface area contributed by atoms with Crippen molar-refractivity contribution in [1.82, 2.24) is 5.01 Å². The molecule has 0 saturated heterocycles. The molecule has 1 aliphatic heterocycles. The van der Waals surface area contributed by atoms with Gasteiger partial charge in [-0.3, -0.25) is 0 Å². The monoisotopic (exact) mass is 615 g/mol. The third-order valence-corrected chi connectivity index (χ3v) is 7.54. The molecule has 0 fully saturated rings. The Kier molecular flexibility index (Phi) is 8.25. The largest absolute Gasteiger partial charge is 0.416 e. The number of alkyl halides is 6. The number of hydrogen-bond donors (Lipinski definition) is 1. The van der Waals surface area contributed by atoms with Gasteiger partial charge in [-0.05, 0) is 53.4 Å². The van der Waals surface area contributed by atoms with Crippen LogP contribution in [0.3, 0.4) is 0 Å². The van der Waals surface area contributed by atoms with Crippen LogP contribution in [0, 0.1) is 0 Å². The van der Waals surface area contributed by atoms with E-state index in [0.29, 0.717) is 17.7 Å². The Morgan fingerprint density at radius 1 is 0.860 bits per heavy atom. The Hall–Kier alpha value is -4.31. The van der Waals surface area contributed by atoms with Crippen LogP contribution in [0.25, 0.3) is 0 Å². The highest BCUT2D eigenvalue weighted by atomic mass is 35.5. The fraction of sp³-hybridized carbons (Fsp3) is 0.188. The number of nitrogens with zero attached hydrogens (tertiary/aromatic N) is 2. The lowest BCUT2D eigenvalue weighted by molar-refractivity contribution is -0.137. The average molecular weight is 616 g/mol. The number of anilines is 1. The number of hydrazone groups is 1. The van der Waals surface area contributed by atoms with Gasteiger partial charge in [0.15, 0.2) is 0 Å². The lowest BCUT2D eigenvalue weighted by Crippen LogP contribution is -2.43. The fourth-order valence-electron chi connectivity index (χ4n) is 5.19. The molecule has 1 aliphatic rings. The Balaban J connectivity index is 1.57. The van der Waals surface area contributed by atoms with Gasteiger partial charge in [0, 0.05) is 16.3 Å². The molecule has 0 saturated carbocycles. The SMILES string of the molecule is O=C(Nc1ccc(C(F)(F)F)cc1)N1CC(Cc2ccccc2)(c2ccccc2)C(c2ccc(CC(F)(F)F)c(Cl)c2)=N1. The first-order valence-electron chi connectivity index (χ1n) is 13.1. The summed E-state index contributed by atoms with van der Waals surface area (Å²) in [5, 5.41) is 8.35. The number of carbonyl (C=O) groups is 1. The molecule has 4 nitrogen and oxygen atoms in total. The molecule has 0 aromatic heterocycles. The number of nitrogens with one attached hydrogen (secondary N) is 1. The third-order valence-electron chi connectivity index (χ3n) is 7.18. The molecule has 11 heteroatoms. The van der Waals surface area contributed by atoms with Crippen LogP contribution in [0.15, 0.2) is 108 Å². The first kappa shape index (κ1) is 30.2. The summed E-state index contributed by atoms with van der Waals surface area (Å²) in [7, 11) is 0. The van der Waals surface area contributed by atoms with Gasteiger partial charge in [-0.1, -0.05) is 84.4 Å². The molecule has 0 spiro atoms. The van der Waals surface area contributed by atoms with Crippen molar-refractivity contribution in [3.63, 3.8) is 0 Å². The topological polar surface area (TPSA) is 44.7 Å². The Labute approximate surface area is 248 Å². The number of urea groups is 1. The maximum atomic E-state index is 13.5. The molecule has 1 unspecified atom stereocenters. The van der Waals surface area contributed by atoms with Crippen molar-refractivity contribution in [3.05, 3.63) is 136 Å². The zero-order valence-corrected chi connectivity index (χ0v) is 23.1. The number of carbonyl (C=O) groups excluding carboxylic acids is 1. The van der Waals surface area contributed by atoms with Crippen LogP contribution in [0.5, 0.6) is 0 Å². The van der Waals surface area contributed by atoms with E-state index in [1.54, 1.807) is 0 Å². The summed E-state index contributed by atoms with van der Waals surface area (Å²) >= 11 is 6.34. The Morgan fingerprint density at radius 2 is 1.49 bits per heavy atom. The average Bonchev–Trinajstić information content (AvgIpc) is 3.35. The molecular weight excluding hydrogens is 592 g/mol.